The van der Waals surface area contributed by atoms with E-state index in [2.05, 4.69) is 35.3 Å². The normalized spacial score (nSPS) is 14.0. The Morgan fingerprint density at radius 2 is 1.67 bits per heavy atom. The maximum absolute atomic E-state index is 11.6. The van der Waals surface area contributed by atoms with Gasteiger partial charge in [0.15, 0.2) is 5.76 Å². The molecule has 1 heterocycles. The van der Waals surface area contributed by atoms with E-state index in [1.165, 1.54) is 5.56 Å². The summed E-state index contributed by atoms with van der Waals surface area (Å²) in [5.41, 5.74) is 6.40. The third-order valence-corrected chi connectivity index (χ3v) is 7.37. The quantitative estimate of drug-likeness (QED) is 0.264. The van der Waals surface area contributed by atoms with Crippen LogP contribution in [0.3, 0.4) is 0 Å². The summed E-state index contributed by atoms with van der Waals surface area (Å²) < 4.78 is 5.75. The van der Waals surface area contributed by atoms with Crippen molar-refractivity contribution < 1.29 is 14.4 Å². The van der Waals surface area contributed by atoms with Gasteiger partial charge in [-0.3, -0.25) is 4.79 Å². The minimum absolute atomic E-state index is 0.677. The molecule has 5 rings (SSSR count). The first-order valence-corrected chi connectivity index (χ1v) is 12.6. The zero-order valence-corrected chi connectivity index (χ0v) is 21.3. The lowest BCUT2D eigenvalue weighted by molar-refractivity contribution is -0.140. The van der Waals surface area contributed by atoms with E-state index in [1.54, 1.807) is 0 Å². The van der Waals surface area contributed by atoms with Gasteiger partial charge in [0.05, 0.1) is 5.41 Å². The summed E-state index contributed by atoms with van der Waals surface area (Å²) in [7, 11) is 2.07. The highest BCUT2D eigenvalue weighted by atomic mass is 35.5. The maximum Gasteiger partial charge on any atom is 0.314 e. The fraction of sp³-hybridized carbons (Fsp3) is 0.267. The average molecular weight is 501 g/mol. The van der Waals surface area contributed by atoms with Crippen molar-refractivity contribution in [3.05, 3.63) is 94.6 Å². The number of aryl methyl sites for hydroxylation is 2. The molecule has 0 spiro atoms. The molecule has 1 saturated carbocycles. The van der Waals surface area contributed by atoms with Crippen molar-refractivity contribution in [1.82, 2.24) is 5.16 Å². The number of rotatable bonds is 9. The number of nitrogens with zero attached hydrogens (tertiary/aromatic N) is 2. The Labute approximate surface area is 216 Å². The first-order chi connectivity index (χ1) is 17.4. The van der Waals surface area contributed by atoms with E-state index in [0.717, 1.165) is 63.8 Å². The Kier molecular flexibility index (Phi) is 6.59. The third-order valence-electron chi connectivity index (χ3n) is 7.14. The van der Waals surface area contributed by atoms with Crippen LogP contribution in [0.15, 0.2) is 77.3 Å². The lowest BCUT2D eigenvalue weighted by Gasteiger charge is -2.19. The second kappa shape index (κ2) is 9.82. The van der Waals surface area contributed by atoms with Crippen LogP contribution in [0.4, 0.5) is 5.69 Å². The first kappa shape index (κ1) is 24.1. The Bertz CT molecular complexity index is 1370. The molecule has 0 unspecified atom stereocenters. The molecule has 1 N–H and O–H groups in total. The molecule has 1 aliphatic carbocycles. The van der Waals surface area contributed by atoms with E-state index < -0.39 is 11.4 Å². The minimum Gasteiger partial charge on any atom is -0.481 e. The molecule has 6 heteroatoms. The topological polar surface area (TPSA) is 66.6 Å². The Morgan fingerprint density at radius 1 is 1.03 bits per heavy atom. The second-order valence-electron chi connectivity index (χ2n) is 9.64. The van der Waals surface area contributed by atoms with Crippen LogP contribution < -0.4 is 4.90 Å². The van der Waals surface area contributed by atoms with Gasteiger partial charge >= 0.3 is 5.97 Å². The second-order valence-corrected chi connectivity index (χ2v) is 10.1. The third kappa shape index (κ3) is 4.76. The molecule has 184 valence electrons. The van der Waals surface area contributed by atoms with Crippen LogP contribution in [-0.2, 0) is 16.6 Å². The van der Waals surface area contributed by atoms with Crippen LogP contribution in [0.5, 0.6) is 0 Å². The van der Waals surface area contributed by atoms with Gasteiger partial charge in [0.25, 0.3) is 0 Å². The summed E-state index contributed by atoms with van der Waals surface area (Å²) >= 11 is 6.11. The molecule has 1 aromatic heterocycles. The standard InChI is InChI=1S/C30H29ClN2O3/c1-20-27(33(2)18-4-6-21-5-3-7-26(31)19-21)28(36-32-20)24-10-8-22(9-11-24)23-12-14-25(15-13-23)30(16-17-30)29(34)35/h3,5,7-15,19H,4,6,16-18H2,1-2H3,(H,34,35). The van der Waals surface area contributed by atoms with E-state index in [9.17, 15) is 9.90 Å². The lowest BCUT2D eigenvalue weighted by atomic mass is 9.93. The number of carbonyl (C=O) groups is 1. The van der Waals surface area contributed by atoms with Crippen LogP contribution >= 0.6 is 11.6 Å². The van der Waals surface area contributed by atoms with Crippen molar-refractivity contribution >= 4 is 23.3 Å². The number of benzene rings is 3. The molecule has 0 bridgehead atoms. The zero-order valence-electron chi connectivity index (χ0n) is 20.5. The van der Waals surface area contributed by atoms with Crippen LogP contribution in [0.2, 0.25) is 5.02 Å². The van der Waals surface area contributed by atoms with E-state index in [0.29, 0.717) is 12.8 Å². The predicted molar refractivity (Wildman–Crippen MR) is 144 cm³/mol. The van der Waals surface area contributed by atoms with Crippen molar-refractivity contribution in [2.75, 3.05) is 18.5 Å². The first-order valence-electron chi connectivity index (χ1n) is 12.2. The SMILES string of the molecule is Cc1noc(-c2ccc(-c3ccc(C4(C(=O)O)CC4)cc3)cc2)c1N(C)CCCc1cccc(Cl)c1. The number of hydrogen-bond acceptors (Lipinski definition) is 4. The average Bonchev–Trinajstić information content (AvgIpc) is 3.61. The maximum atomic E-state index is 11.6. The molecule has 1 fully saturated rings. The summed E-state index contributed by atoms with van der Waals surface area (Å²) in [6.07, 6.45) is 3.36. The molecule has 1 aliphatic rings. The van der Waals surface area contributed by atoms with E-state index in [1.807, 2.05) is 61.5 Å². The van der Waals surface area contributed by atoms with Crippen molar-refractivity contribution in [2.45, 2.75) is 38.0 Å². The number of aromatic nitrogens is 1. The van der Waals surface area contributed by atoms with Gasteiger partial charge in [0.1, 0.15) is 11.4 Å². The fourth-order valence-electron chi connectivity index (χ4n) is 4.88. The number of anilines is 1. The molecule has 0 aliphatic heterocycles. The number of hydrogen-bond donors (Lipinski definition) is 1. The summed E-state index contributed by atoms with van der Waals surface area (Å²) in [6.45, 7) is 2.83. The molecule has 0 amide bonds. The number of carboxylic acids is 1. The molecular formula is C30H29ClN2O3. The summed E-state index contributed by atoms with van der Waals surface area (Å²) in [6, 6.07) is 24.1. The van der Waals surface area contributed by atoms with Gasteiger partial charge in [-0.1, -0.05) is 77.4 Å². The summed E-state index contributed by atoms with van der Waals surface area (Å²) in [4.78, 5) is 13.8. The lowest BCUT2D eigenvalue weighted by Crippen LogP contribution is -2.20. The van der Waals surface area contributed by atoms with Crippen molar-refractivity contribution in [3.63, 3.8) is 0 Å². The highest BCUT2D eigenvalue weighted by Gasteiger charge is 2.51. The minimum atomic E-state index is -0.729. The highest BCUT2D eigenvalue weighted by molar-refractivity contribution is 6.30. The van der Waals surface area contributed by atoms with Crippen LogP contribution in [-0.4, -0.2) is 29.8 Å². The molecule has 0 saturated heterocycles. The summed E-state index contributed by atoms with van der Waals surface area (Å²) in [5, 5.41) is 14.5. The van der Waals surface area contributed by atoms with Crippen LogP contribution in [0.25, 0.3) is 22.5 Å². The predicted octanol–water partition coefficient (Wildman–Crippen LogP) is 7.16. The fourth-order valence-corrected chi connectivity index (χ4v) is 5.09. The Balaban J connectivity index is 1.29. The highest BCUT2D eigenvalue weighted by Crippen LogP contribution is 2.48. The van der Waals surface area contributed by atoms with Crippen molar-refractivity contribution in [2.24, 2.45) is 0 Å². The molecule has 0 radical (unpaired) electrons. The number of aliphatic carboxylic acids is 1. The van der Waals surface area contributed by atoms with Gasteiger partial charge < -0.3 is 14.5 Å². The van der Waals surface area contributed by atoms with Gasteiger partial charge in [-0.25, -0.2) is 0 Å². The van der Waals surface area contributed by atoms with E-state index >= 15 is 0 Å². The zero-order chi connectivity index (χ0) is 25.3. The van der Waals surface area contributed by atoms with Gasteiger partial charge in [0.2, 0.25) is 0 Å². The smallest absolute Gasteiger partial charge is 0.314 e. The van der Waals surface area contributed by atoms with Crippen molar-refractivity contribution in [1.29, 1.82) is 0 Å². The largest absolute Gasteiger partial charge is 0.481 e. The molecular weight excluding hydrogens is 472 g/mol. The van der Waals surface area contributed by atoms with Crippen molar-refractivity contribution in [3.8, 4) is 22.5 Å². The monoisotopic (exact) mass is 500 g/mol. The van der Waals surface area contributed by atoms with Gasteiger partial charge in [-0.2, -0.15) is 0 Å². The van der Waals surface area contributed by atoms with Crippen LogP contribution in [0.1, 0.15) is 36.1 Å². The van der Waals surface area contributed by atoms with Gasteiger partial charge in [0, 0.05) is 24.2 Å². The van der Waals surface area contributed by atoms with E-state index in [4.69, 9.17) is 16.1 Å². The number of carboxylic acid groups (broad SMARTS) is 1. The molecule has 0 atom stereocenters. The van der Waals surface area contributed by atoms with E-state index in [-0.39, 0.29) is 0 Å². The Hall–Kier alpha value is -3.57. The molecule has 4 aromatic rings. The van der Waals surface area contributed by atoms with Crippen LogP contribution in [0, 0.1) is 6.92 Å². The summed E-state index contributed by atoms with van der Waals surface area (Å²) in [5.74, 6) is 0.0315. The molecule has 3 aromatic carbocycles. The Morgan fingerprint density at radius 3 is 2.28 bits per heavy atom. The van der Waals surface area contributed by atoms with Gasteiger partial charge in [-0.15, -0.1) is 0 Å². The number of halogens is 1. The molecule has 5 nitrogen and oxygen atoms in total. The van der Waals surface area contributed by atoms with Gasteiger partial charge in [-0.05, 0) is 67.0 Å². The molecule has 36 heavy (non-hydrogen) atoms.